The fourth-order valence-electron chi connectivity index (χ4n) is 3.34. The standard InChI is InChI=1S/C20H31FN4O2S.HI/c1-3-22-20(25-15-8-7-9-16(14-15)28(27)4-2)24-13-12-23-19(26)17-10-5-6-11-18(17)21;/h5-6,10-11,15-16H,3-4,7-9,12-14H2,1-2H3,(H,23,26)(H2,22,24,25);1H. The van der Waals surface area contributed by atoms with Crippen molar-refractivity contribution in [1.82, 2.24) is 16.0 Å². The second-order valence-corrected chi connectivity index (χ2v) is 8.80. The molecular weight excluding hydrogens is 506 g/mol. The molecule has 0 aromatic heterocycles. The molecule has 0 heterocycles. The number of amides is 1. The predicted molar refractivity (Wildman–Crippen MR) is 128 cm³/mol. The van der Waals surface area contributed by atoms with Crippen molar-refractivity contribution in [2.45, 2.75) is 50.8 Å². The normalized spacial score (nSPS) is 20.3. The van der Waals surface area contributed by atoms with Crippen LogP contribution in [0.2, 0.25) is 0 Å². The number of aliphatic imine (C=N–C) groups is 1. The first-order valence-corrected chi connectivity index (χ1v) is 11.4. The van der Waals surface area contributed by atoms with Gasteiger partial charge in [-0.05, 0) is 38.3 Å². The zero-order valence-corrected chi connectivity index (χ0v) is 20.2. The number of hydrogen-bond acceptors (Lipinski definition) is 3. The summed E-state index contributed by atoms with van der Waals surface area (Å²) in [5.41, 5.74) is 0.0358. The van der Waals surface area contributed by atoms with E-state index in [9.17, 15) is 13.4 Å². The van der Waals surface area contributed by atoms with Crippen molar-refractivity contribution in [3.05, 3.63) is 35.6 Å². The molecule has 1 aliphatic carbocycles. The van der Waals surface area contributed by atoms with Crippen LogP contribution in [0.25, 0.3) is 0 Å². The molecule has 0 bridgehead atoms. The van der Waals surface area contributed by atoms with Crippen LogP contribution in [0.5, 0.6) is 0 Å². The van der Waals surface area contributed by atoms with Crippen molar-refractivity contribution in [1.29, 1.82) is 0 Å². The highest BCUT2D eigenvalue weighted by molar-refractivity contribution is 14.0. The molecule has 2 rings (SSSR count). The number of benzene rings is 1. The topological polar surface area (TPSA) is 82.6 Å². The monoisotopic (exact) mass is 538 g/mol. The first kappa shape index (κ1) is 25.8. The molecule has 0 aliphatic heterocycles. The van der Waals surface area contributed by atoms with Gasteiger partial charge in [-0.3, -0.25) is 14.0 Å². The number of guanidine groups is 1. The summed E-state index contributed by atoms with van der Waals surface area (Å²) in [7, 11) is -0.763. The molecule has 29 heavy (non-hydrogen) atoms. The molecule has 3 unspecified atom stereocenters. The summed E-state index contributed by atoms with van der Waals surface area (Å²) >= 11 is 0. The maximum absolute atomic E-state index is 13.6. The first-order valence-electron chi connectivity index (χ1n) is 9.99. The van der Waals surface area contributed by atoms with Gasteiger partial charge >= 0.3 is 0 Å². The summed E-state index contributed by atoms with van der Waals surface area (Å²) in [5.74, 6) is 0.418. The smallest absolute Gasteiger partial charge is 0.254 e. The summed E-state index contributed by atoms with van der Waals surface area (Å²) in [6.45, 7) is 5.38. The van der Waals surface area contributed by atoms with Crippen LogP contribution in [0.4, 0.5) is 4.39 Å². The molecule has 0 radical (unpaired) electrons. The Hall–Kier alpha value is -1.23. The highest BCUT2D eigenvalue weighted by Gasteiger charge is 2.26. The molecule has 1 aliphatic rings. The largest absolute Gasteiger partial charge is 0.357 e. The Morgan fingerprint density at radius 3 is 2.69 bits per heavy atom. The van der Waals surface area contributed by atoms with Crippen LogP contribution in [0.15, 0.2) is 29.3 Å². The van der Waals surface area contributed by atoms with Gasteiger partial charge < -0.3 is 16.0 Å². The molecule has 1 fully saturated rings. The lowest BCUT2D eigenvalue weighted by molar-refractivity contribution is 0.0950. The van der Waals surface area contributed by atoms with Crippen molar-refractivity contribution >= 4 is 46.6 Å². The van der Waals surface area contributed by atoms with Crippen LogP contribution in [-0.2, 0) is 10.8 Å². The highest BCUT2D eigenvalue weighted by atomic mass is 127. The molecule has 1 aromatic rings. The number of carbonyl (C=O) groups is 1. The summed E-state index contributed by atoms with van der Waals surface area (Å²) in [4.78, 5) is 16.5. The predicted octanol–water partition coefficient (Wildman–Crippen LogP) is 2.81. The van der Waals surface area contributed by atoms with Crippen LogP contribution in [0.1, 0.15) is 49.9 Å². The van der Waals surface area contributed by atoms with E-state index in [4.69, 9.17) is 0 Å². The molecule has 164 valence electrons. The van der Waals surface area contributed by atoms with E-state index < -0.39 is 22.5 Å². The molecule has 1 aromatic carbocycles. The number of hydrogen-bond donors (Lipinski definition) is 3. The number of nitrogens with zero attached hydrogens (tertiary/aromatic N) is 1. The number of carbonyl (C=O) groups excluding carboxylic acids is 1. The lowest BCUT2D eigenvalue weighted by atomic mass is 9.95. The maximum atomic E-state index is 13.6. The summed E-state index contributed by atoms with van der Waals surface area (Å²) < 4.78 is 25.7. The van der Waals surface area contributed by atoms with Crippen molar-refractivity contribution in [3.8, 4) is 0 Å². The van der Waals surface area contributed by atoms with Gasteiger partial charge in [0.1, 0.15) is 5.82 Å². The number of halogens is 2. The van der Waals surface area contributed by atoms with Gasteiger partial charge in [-0.15, -0.1) is 24.0 Å². The summed E-state index contributed by atoms with van der Waals surface area (Å²) in [6.07, 6.45) is 4.00. The van der Waals surface area contributed by atoms with E-state index in [1.54, 1.807) is 12.1 Å². The molecule has 6 nitrogen and oxygen atoms in total. The molecule has 3 N–H and O–H groups in total. The van der Waals surface area contributed by atoms with Gasteiger partial charge in [0.05, 0.1) is 12.1 Å². The quantitative estimate of drug-likeness (QED) is 0.206. The van der Waals surface area contributed by atoms with E-state index in [2.05, 4.69) is 20.9 Å². The molecule has 0 saturated heterocycles. The van der Waals surface area contributed by atoms with E-state index in [-0.39, 0.29) is 40.8 Å². The fourth-order valence-corrected chi connectivity index (χ4v) is 4.69. The van der Waals surface area contributed by atoms with Crippen molar-refractivity contribution in [2.24, 2.45) is 4.99 Å². The Morgan fingerprint density at radius 2 is 2.00 bits per heavy atom. The zero-order valence-electron chi connectivity index (χ0n) is 17.1. The fraction of sp³-hybridized carbons (Fsp3) is 0.600. The SMILES string of the molecule is CCNC(=NCCNC(=O)c1ccccc1F)NC1CCCC(S(=O)CC)C1.I. The summed E-state index contributed by atoms with van der Waals surface area (Å²) in [5, 5.41) is 9.57. The lowest BCUT2D eigenvalue weighted by Gasteiger charge is -2.30. The molecule has 0 spiro atoms. The van der Waals surface area contributed by atoms with Crippen molar-refractivity contribution < 1.29 is 13.4 Å². The minimum atomic E-state index is -0.763. The minimum Gasteiger partial charge on any atom is -0.357 e. The average molecular weight is 538 g/mol. The van der Waals surface area contributed by atoms with E-state index in [0.717, 1.165) is 32.2 Å². The van der Waals surface area contributed by atoms with Crippen LogP contribution in [0.3, 0.4) is 0 Å². The molecule has 9 heteroatoms. The third kappa shape index (κ3) is 8.57. The third-order valence-electron chi connectivity index (χ3n) is 4.75. The van der Waals surface area contributed by atoms with Crippen LogP contribution in [0, 0.1) is 5.82 Å². The molecule has 3 atom stereocenters. The summed E-state index contributed by atoms with van der Waals surface area (Å²) in [6, 6.07) is 6.16. The van der Waals surface area contributed by atoms with Gasteiger partial charge in [0.2, 0.25) is 0 Å². The Morgan fingerprint density at radius 1 is 1.24 bits per heavy atom. The molecule has 1 amide bonds. The van der Waals surface area contributed by atoms with E-state index >= 15 is 0 Å². The Kier molecular flexibility index (Phi) is 12.4. The van der Waals surface area contributed by atoms with Crippen LogP contribution >= 0.6 is 24.0 Å². The average Bonchev–Trinajstić information content (AvgIpc) is 2.71. The number of rotatable bonds is 8. The maximum Gasteiger partial charge on any atom is 0.254 e. The zero-order chi connectivity index (χ0) is 20.4. The lowest BCUT2D eigenvalue weighted by Crippen LogP contribution is -2.47. The Bertz CT molecular complexity index is 705. The highest BCUT2D eigenvalue weighted by Crippen LogP contribution is 2.22. The van der Waals surface area contributed by atoms with Crippen LogP contribution in [-0.4, -0.2) is 52.8 Å². The minimum absolute atomic E-state index is 0. The first-order chi connectivity index (χ1) is 13.5. The van der Waals surface area contributed by atoms with E-state index in [0.29, 0.717) is 24.8 Å². The van der Waals surface area contributed by atoms with Crippen molar-refractivity contribution in [3.63, 3.8) is 0 Å². The molecule has 1 saturated carbocycles. The Labute approximate surface area is 192 Å². The Balaban J connectivity index is 0.00000420. The van der Waals surface area contributed by atoms with Gasteiger partial charge in [0.15, 0.2) is 5.96 Å². The molecular formula is C20H32FIN4O2S. The van der Waals surface area contributed by atoms with Crippen LogP contribution < -0.4 is 16.0 Å². The van der Waals surface area contributed by atoms with Gasteiger partial charge in [-0.25, -0.2) is 4.39 Å². The van der Waals surface area contributed by atoms with Gasteiger partial charge in [0.25, 0.3) is 5.91 Å². The van der Waals surface area contributed by atoms with Gasteiger partial charge in [-0.1, -0.05) is 25.5 Å². The number of nitrogens with one attached hydrogen (secondary N) is 3. The van der Waals surface area contributed by atoms with Crippen molar-refractivity contribution in [2.75, 3.05) is 25.4 Å². The van der Waals surface area contributed by atoms with Gasteiger partial charge in [-0.2, -0.15) is 0 Å². The second kappa shape index (κ2) is 13.9. The third-order valence-corrected chi connectivity index (χ3v) is 6.49. The van der Waals surface area contributed by atoms with E-state index in [1.165, 1.54) is 12.1 Å². The van der Waals surface area contributed by atoms with E-state index in [1.807, 2.05) is 13.8 Å². The van der Waals surface area contributed by atoms with Gasteiger partial charge in [0, 0.05) is 40.9 Å². The second-order valence-electron chi connectivity index (χ2n) is 6.80.